The fourth-order valence-electron chi connectivity index (χ4n) is 2.35. The number of nitrogens with one attached hydrogen (secondary N) is 1. The fourth-order valence-corrected chi connectivity index (χ4v) is 2.35. The highest BCUT2D eigenvalue weighted by Gasteiger charge is 2.12. The highest BCUT2D eigenvalue weighted by molar-refractivity contribution is 5.17. The number of rotatable bonds is 7. The molecule has 1 rings (SSSR count). The minimum Gasteiger partial charge on any atom is -0.308 e. The molecule has 0 aliphatic heterocycles. The molecular weight excluding hydrogens is 220 g/mol. The number of nitrogens with zero attached hydrogens (tertiary/aromatic N) is 1. The van der Waals surface area contributed by atoms with E-state index >= 15 is 0 Å². The van der Waals surface area contributed by atoms with Gasteiger partial charge < -0.3 is 5.32 Å². The van der Waals surface area contributed by atoms with Gasteiger partial charge in [0.25, 0.3) is 0 Å². The number of aromatic nitrogens is 1. The zero-order valence-corrected chi connectivity index (χ0v) is 12.5. The molecule has 2 nitrogen and oxygen atoms in total. The van der Waals surface area contributed by atoms with Crippen LogP contribution in [0.15, 0.2) is 18.3 Å². The summed E-state index contributed by atoms with van der Waals surface area (Å²) in [6, 6.07) is 4.73. The molecule has 102 valence electrons. The van der Waals surface area contributed by atoms with Gasteiger partial charge in [-0.25, -0.2) is 0 Å². The van der Waals surface area contributed by atoms with Gasteiger partial charge in [-0.2, -0.15) is 0 Å². The van der Waals surface area contributed by atoms with E-state index in [1.54, 1.807) is 0 Å². The lowest BCUT2D eigenvalue weighted by Crippen LogP contribution is -2.31. The Morgan fingerprint density at radius 1 is 1.11 bits per heavy atom. The molecule has 0 saturated heterocycles. The first-order valence-corrected chi connectivity index (χ1v) is 7.13. The Morgan fingerprint density at radius 2 is 1.72 bits per heavy atom. The van der Waals surface area contributed by atoms with E-state index in [0.717, 1.165) is 18.4 Å². The molecule has 0 fully saturated rings. The van der Waals surface area contributed by atoms with Crippen molar-refractivity contribution in [3.05, 3.63) is 29.6 Å². The highest BCUT2D eigenvalue weighted by Crippen LogP contribution is 2.14. The molecule has 0 spiro atoms. The fraction of sp³-hybridized carbons (Fsp3) is 0.688. The van der Waals surface area contributed by atoms with Crippen molar-refractivity contribution < 1.29 is 0 Å². The van der Waals surface area contributed by atoms with E-state index in [2.05, 4.69) is 51.0 Å². The van der Waals surface area contributed by atoms with Gasteiger partial charge in [-0.15, -0.1) is 0 Å². The Morgan fingerprint density at radius 3 is 2.22 bits per heavy atom. The molecule has 1 heterocycles. The van der Waals surface area contributed by atoms with Crippen LogP contribution in [0.4, 0.5) is 0 Å². The molecular formula is C16H28N2. The smallest absolute Gasteiger partial charge is 0.0570 e. The first-order chi connectivity index (χ1) is 8.49. The normalized spacial score (nSPS) is 11.8. The maximum absolute atomic E-state index is 4.45. The molecule has 0 saturated carbocycles. The Bertz CT molecular complexity index is 335. The van der Waals surface area contributed by atoms with Crippen LogP contribution in [0.1, 0.15) is 51.8 Å². The quantitative estimate of drug-likeness (QED) is 0.790. The van der Waals surface area contributed by atoms with Crippen LogP contribution in [-0.2, 0) is 6.54 Å². The third-order valence-corrected chi connectivity index (χ3v) is 3.19. The molecule has 0 aromatic carbocycles. The van der Waals surface area contributed by atoms with Crippen molar-refractivity contribution in [3.8, 4) is 0 Å². The molecule has 1 N–H and O–H groups in total. The van der Waals surface area contributed by atoms with Gasteiger partial charge >= 0.3 is 0 Å². The first kappa shape index (κ1) is 15.2. The van der Waals surface area contributed by atoms with Crippen LogP contribution < -0.4 is 5.32 Å². The van der Waals surface area contributed by atoms with Crippen LogP contribution in [0.25, 0.3) is 0 Å². The van der Waals surface area contributed by atoms with E-state index in [4.69, 9.17) is 0 Å². The Kier molecular flexibility index (Phi) is 6.34. The second-order valence-electron chi connectivity index (χ2n) is 6.10. The maximum atomic E-state index is 4.45. The average Bonchev–Trinajstić information content (AvgIpc) is 2.26. The Labute approximate surface area is 112 Å². The summed E-state index contributed by atoms with van der Waals surface area (Å²) in [7, 11) is 0. The van der Waals surface area contributed by atoms with E-state index in [-0.39, 0.29) is 0 Å². The Balaban J connectivity index is 2.53. The molecule has 1 aromatic heterocycles. The monoisotopic (exact) mass is 248 g/mol. The summed E-state index contributed by atoms with van der Waals surface area (Å²) in [5.74, 6) is 1.48. The topological polar surface area (TPSA) is 24.9 Å². The third kappa shape index (κ3) is 5.63. The SMILES string of the molecule is Cc1cccnc1CNC(CC(C)C)CC(C)C. The van der Waals surface area contributed by atoms with Crippen LogP contribution in [0.2, 0.25) is 0 Å². The largest absolute Gasteiger partial charge is 0.308 e. The summed E-state index contributed by atoms with van der Waals surface area (Å²) >= 11 is 0. The lowest BCUT2D eigenvalue weighted by molar-refractivity contribution is 0.357. The minimum absolute atomic E-state index is 0.603. The first-order valence-electron chi connectivity index (χ1n) is 7.13. The summed E-state index contributed by atoms with van der Waals surface area (Å²) < 4.78 is 0. The average molecular weight is 248 g/mol. The number of pyridine rings is 1. The van der Waals surface area contributed by atoms with Gasteiger partial charge in [0.15, 0.2) is 0 Å². The van der Waals surface area contributed by atoms with Crippen molar-refractivity contribution in [2.24, 2.45) is 11.8 Å². The van der Waals surface area contributed by atoms with E-state index < -0.39 is 0 Å². The molecule has 0 atom stereocenters. The minimum atomic E-state index is 0.603. The van der Waals surface area contributed by atoms with Crippen molar-refractivity contribution in [1.82, 2.24) is 10.3 Å². The standard InChI is InChI=1S/C16H28N2/c1-12(2)9-15(10-13(3)4)18-11-16-14(5)7-6-8-17-16/h6-8,12-13,15,18H,9-11H2,1-5H3. The summed E-state index contributed by atoms with van der Waals surface area (Å²) in [6.45, 7) is 12.2. The second-order valence-corrected chi connectivity index (χ2v) is 6.10. The lowest BCUT2D eigenvalue weighted by Gasteiger charge is -2.22. The van der Waals surface area contributed by atoms with Gasteiger partial charge in [0.2, 0.25) is 0 Å². The molecule has 0 unspecified atom stereocenters. The summed E-state index contributed by atoms with van der Waals surface area (Å²) in [6.07, 6.45) is 4.36. The molecule has 0 amide bonds. The van der Waals surface area contributed by atoms with Crippen LogP contribution in [-0.4, -0.2) is 11.0 Å². The summed E-state index contributed by atoms with van der Waals surface area (Å²) in [4.78, 5) is 4.45. The highest BCUT2D eigenvalue weighted by atomic mass is 14.9. The molecule has 1 aromatic rings. The number of aryl methyl sites for hydroxylation is 1. The van der Waals surface area contributed by atoms with Crippen molar-refractivity contribution in [2.75, 3.05) is 0 Å². The van der Waals surface area contributed by atoms with Crippen LogP contribution >= 0.6 is 0 Å². The van der Waals surface area contributed by atoms with Crippen LogP contribution in [0.5, 0.6) is 0 Å². The van der Waals surface area contributed by atoms with Gasteiger partial charge in [0.05, 0.1) is 5.69 Å². The molecule has 0 radical (unpaired) electrons. The second kappa shape index (κ2) is 7.52. The summed E-state index contributed by atoms with van der Waals surface area (Å²) in [5.41, 5.74) is 2.45. The van der Waals surface area contributed by atoms with Gasteiger partial charge in [0, 0.05) is 18.8 Å². The van der Waals surface area contributed by atoms with Crippen LogP contribution in [0.3, 0.4) is 0 Å². The van der Waals surface area contributed by atoms with Crippen molar-refractivity contribution in [3.63, 3.8) is 0 Å². The van der Waals surface area contributed by atoms with Crippen molar-refractivity contribution >= 4 is 0 Å². The number of hydrogen-bond acceptors (Lipinski definition) is 2. The predicted octanol–water partition coefficient (Wildman–Crippen LogP) is 3.94. The van der Waals surface area contributed by atoms with Crippen molar-refractivity contribution in [2.45, 2.75) is 60.0 Å². The van der Waals surface area contributed by atoms with Gasteiger partial charge in [-0.3, -0.25) is 4.98 Å². The molecule has 0 aliphatic carbocycles. The molecule has 2 heteroatoms. The Hall–Kier alpha value is -0.890. The molecule has 18 heavy (non-hydrogen) atoms. The lowest BCUT2D eigenvalue weighted by atomic mass is 9.95. The maximum Gasteiger partial charge on any atom is 0.0570 e. The molecule has 0 bridgehead atoms. The molecule has 0 aliphatic rings. The third-order valence-electron chi connectivity index (χ3n) is 3.19. The van der Waals surface area contributed by atoms with E-state index in [0.29, 0.717) is 6.04 Å². The zero-order chi connectivity index (χ0) is 13.5. The van der Waals surface area contributed by atoms with Gasteiger partial charge in [-0.05, 0) is 43.2 Å². The number of hydrogen-bond donors (Lipinski definition) is 1. The zero-order valence-electron chi connectivity index (χ0n) is 12.5. The van der Waals surface area contributed by atoms with E-state index in [9.17, 15) is 0 Å². The van der Waals surface area contributed by atoms with E-state index in [1.165, 1.54) is 24.1 Å². The summed E-state index contributed by atoms with van der Waals surface area (Å²) in [5, 5.41) is 3.68. The van der Waals surface area contributed by atoms with Gasteiger partial charge in [-0.1, -0.05) is 33.8 Å². The van der Waals surface area contributed by atoms with E-state index in [1.807, 2.05) is 12.3 Å². The van der Waals surface area contributed by atoms with Crippen molar-refractivity contribution in [1.29, 1.82) is 0 Å². The predicted molar refractivity (Wildman–Crippen MR) is 78.5 cm³/mol. The van der Waals surface area contributed by atoms with Crippen LogP contribution in [0, 0.1) is 18.8 Å². The van der Waals surface area contributed by atoms with Gasteiger partial charge in [0.1, 0.15) is 0 Å².